The minimum Gasteiger partial charge on any atom is -0.383 e. The van der Waals surface area contributed by atoms with Gasteiger partial charge >= 0.3 is 0 Å². The molecule has 0 aromatic carbocycles. The fraction of sp³-hybridized carbons (Fsp3) is 0.500. The second-order valence-corrected chi connectivity index (χ2v) is 4.32. The second kappa shape index (κ2) is 5.79. The summed E-state index contributed by atoms with van der Waals surface area (Å²) in [5.41, 5.74) is 7.82. The van der Waals surface area contributed by atoms with Gasteiger partial charge in [0.1, 0.15) is 5.52 Å². The Bertz CT molecular complexity index is 510. The molecule has 0 radical (unpaired) electrons. The van der Waals surface area contributed by atoms with E-state index in [2.05, 4.69) is 15.4 Å². The highest BCUT2D eigenvalue weighted by Crippen LogP contribution is 2.14. The number of rotatable bonds is 6. The Morgan fingerprint density at radius 1 is 1.56 bits per heavy atom. The molecule has 1 atom stereocenters. The molecule has 3 N–H and O–H groups in total. The van der Waals surface area contributed by atoms with Crippen LogP contribution in [-0.2, 0) is 4.74 Å². The van der Waals surface area contributed by atoms with E-state index < -0.39 is 0 Å². The Morgan fingerprint density at radius 3 is 3.17 bits per heavy atom. The summed E-state index contributed by atoms with van der Waals surface area (Å²) in [5, 5.41) is 7.62. The molecule has 0 aliphatic heterocycles. The first-order chi connectivity index (χ1) is 8.70. The van der Waals surface area contributed by atoms with Crippen molar-refractivity contribution in [3.63, 3.8) is 0 Å². The molecule has 2 aromatic rings. The molecule has 0 fully saturated rings. The van der Waals surface area contributed by atoms with Crippen LogP contribution in [-0.4, -0.2) is 40.9 Å². The van der Waals surface area contributed by atoms with Gasteiger partial charge in [-0.3, -0.25) is 0 Å². The molecule has 2 rings (SSSR count). The molecule has 0 aliphatic carbocycles. The Hall–Kier alpha value is -1.66. The van der Waals surface area contributed by atoms with E-state index in [1.165, 1.54) is 0 Å². The Balaban J connectivity index is 1.99. The lowest BCUT2D eigenvalue weighted by molar-refractivity contribution is 0.178. The average molecular weight is 249 g/mol. The van der Waals surface area contributed by atoms with Gasteiger partial charge in [0.15, 0.2) is 5.82 Å². The molecule has 0 aliphatic rings. The normalized spacial score (nSPS) is 12.8. The van der Waals surface area contributed by atoms with Gasteiger partial charge in [-0.2, -0.15) is 5.10 Å². The lowest BCUT2D eigenvalue weighted by Crippen LogP contribution is -2.28. The van der Waals surface area contributed by atoms with Gasteiger partial charge in [-0.25, -0.2) is 9.50 Å². The predicted octanol–water partition coefficient (Wildman–Crippen LogP) is 0.813. The molecule has 6 nitrogen and oxygen atoms in total. The Labute approximate surface area is 106 Å². The topological polar surface area (TPSA) is 77.5 Å². The summed E-state index contributed by atoms with van der Waals surface area (Å²) in [4.78, 5) is 4.32. The summed E-state index contributed by atoms with van der Waals surface area (Å²) in [6.45, 7) is 3.30. The van der Waals surface area contributed by atoms with E-state index in [4.69, 9.17) is 10.5 Å². The van der Waals surface area contributed by atoms with Crippen LogP contribution in [0.3, 0.4) is 0 Å². The molecule has 18 heavy (non-hydrogen) atoms. The highest BCUT2D eigenvalue weighted by Gasteiger charge is 2.06. The van der Waals surface area contributed by atoms with E-state index in [-0.39, 0.29) is 6.04 Å². The SMILES string of the molecule is COCC(N)CCNc1nccn2nc(C)cc12. The van der Waals surface area contributed by atoms with Gasteiger partial charge < -0.3 is 15.8 Å². The number of nitrogens with one attached hydrogen (secondary N) is 1. The number of aryl methyl sites for hydroxylation is 1. The molecule has 0 bridgehead atoms. The van der Waals surface area contributed by atoms with Gasteiger partial charge in [-0.1, -0.05) is 0 Å². The molecule has 2 heterocycles. The zero-order valence-corrected chi connectivity index (χ0v) is 10.8. The zero-order chi connectivity index (χ0) is 13.0. The van der Waals surface area contributed by atoms with E-state index in [9.17, 15) is 0 Å². The summed E-state index contributed by atoms with van der Waals surface area (Å²) in [6, 6.07) is 2.05. The number of aromatic nitrogens is 3. The fourth-order valence-corrected chi connectivity index (χ4v) is 1.85. The van der Waals surface area contributed by atoms with Crippen molar-refractivity contribution in [3.8, 4) is 0 Å². The first-order valence-electron chi connectivity index (χ1n) is 6.00. The number of ether oxygens (including phenoxy) is 1. The molecule has 2 aromatic heterocycles. The smallest absolute Gasteiger partial charge is 0.152 e. The monoisotopic (exact) mass is 249 g/mol. The third kappa shape index (κ3) is 2.96. The summed E-state index contributed by atoms with van der Waals surface area (Å²) < 4.78 is 6.82. The summed E-state index contributed by atoms with van der Waals surface area (Å²) >= 11 is 0. The molecule has 0 saturated carbocycles. The number of hydrogen-bond acceptors (Lipinski definition) is 5. The quantitative estimate of drug-likeness (QED) is 0.792. The van der Waals surface area contributed by atoms with Crippen molar-refractivity contribution in [2.24, 2.45) is 5.73 Å². The number of anilines is 1. The van der Waals surface area contributed by atoms with Crippen LogP contribution < -0.4 is 11.1 Å². The van der Waals surface area contributed by atoms with Gasteiger partial charge in [-0.15, -0.1) is 0 Å². The first-order valence-corrected chi connectivity index (χ1v) is 6.00. The number of hydrogen-bond donors (Lipinski definition) is 2. The molecular formula is C12H19N5O. The Kier molecular flexibility index (Phi) is 4.11. The molecule has 6 heteroatoms. The maximum absolute atomic E-state index is 5.86. The zero-order valence-electron chi connectivity index (χ0n) is 10.8. The molecule has 0 saturated heterocycles. The van der Waals surface area contributed by atoms with Crippen molar-refractivity contribution < 1.29 is 4.74 Å². The largest absolute Gasteiger partial charge is 0.383 e. The number of nitrogens with zero attached hydrogens (tertiary/aromatic N) is 3. The van der Waals surface area contributed by atoms with Crippen LogP contribution in [0.4, 0.5) is 5.82 Å². The maximum Gasteiger partial charge on any atom is 0.152 e. The van der Waals surface area contributed by atoms with Gasteiger partial charge in [0, 0.05) is 32.1 Å². The lowest BCUT2D eigenvalue weighted by Gasteiger charge is -2.11. The van der Waals surface area contributed by atoms with Crippen molar-refractivity contribution in [1.82, 2.24) is 14.6 Å². The molecule has 98 valence electrons. The van der Waals surface area contributed by atoms with Gasteiger partial charge in [0.2, 0.25) is 0 Å². The van der Waals surface area contributed by atoms with Gasteiger partial charge in [-0.05, 0) is 19.4 Å². The standard InChI is InChI=1S/C12H19N5O/c1-9-7-11-12(15-5-6-17(11)16-9)14-4-3-10(13)8-18-2/h5-7,10H,3-4,8,13H2,1-2H3,(H,14,15). The highest BCUT2D eigenvalue weighted by atomic mass is 16.5. The highest BCUT2D eigenvalue weighted by molar-refractivity contribution is 5.67. The van der Waals surface area contributed by atoms with Crippen LogP contribution in [0.5, 0.6) is 0 Å². The first kappa shape index (κ1) is 12.8. The summed E-state index contributed by atoms with van der Waals surface area (Å²) in [7, 11) is 1.66. The molecule has 0 spiro atoms. The van der Waals surface area contributed by atoms with Crippen LogP contribution in [0.1, 0.15) is 12.1 Å². The van der Waals surface area contributed by atoms with Gasteiger partial charge in [0.25, 0.3) is 0 Å². The third-order valence-corrected chi connectivity index (χ3v) is 2.70. The van der Waals surface area contributed by atoms with Gasteiger partial charge in [0.05, 0.1) is 12.3 Å². The van der Waals surface area contributed by atoms with Crippen molar-refractivity contribution >= 4 is 11.3 Å². The Morgan fingerprint density at radius 2 is 2.39 bits per heavy atom. The third-order valence-electron chi connectivity index (χ3n) is 2.70. The van der Waals surface area contributed by atoms with E-state index in [0.29, 0.717) is 6.61 Å². The van der Waals surface area contributed by atoms with Crippen molar-refractivity contribution in [2.45, 2.75) is 19.4 Å². The van der Waals surface area contributed by atoms with Crippen LogP contribution >= 0.6 is 0 Å². The van der Waals surface area contributed by atoms with Crippen LogP contribution in [0.15, 0.2) is 18.5 Å². The average Bonchev–Trinajstić information content (AvgIpc) is 2.70. The maximum atomic E-state index is 5.86. The molecular weight excluding hydrogens is 230 g/mol. The predicted molar refractivity (Wildman–Crippen MR) is 70.7 cm³/mol. The van der Waals surface area contributed by atoms with Crippen molar-refractivity contribution in [1.29, 1.82) is 0 Å². The van der Waals surface area contributed by atoms with Crippen LogP contribution in [0, 0.1) is 6.92 Å². The van der Waals surface area contributed by atoms with Crippen molar-refractivity contribution in [3.05, 3.63) is 24.2 Å². The number of methoxy groups -OCH3 is 1. The molecule has 1 unspecified atom stereocenters. The van der Waals surface area contributed by atoms with E-state index >= 15 is 0 Å². The van der Waals surface area contributed by atoms with E-state index in [0.717, 1.165) is 30.0 Å². The van der Waals surface area contributed by atoms with Crippen LogP contribution in [0.25, 0.3) is 5.52 Å². The summed E-state index contributed by atoms with van der Waals surface area (Å²) in [6.07, 6.45) is 4.41. The van der Waals surface area contributed by atoms with Crippen molar-refractivity contribution in [2.75, 3.05) is 25.6 Å². The van der Waals surface area contributed by atoms with E-state index in [1.807, 2.05) is 23.7 Å². The lowest BCUT2D eigenvalue weighted by atomic mass is 10.2. The van der Waals surface area contributed by atoms with Crippen LogP contribution in [0.2, 0.25) is 0 Å². The minimum absolute atomic E-state index is 0.0499. The number of fused-ring (bicyclic) bond motifs is 1. The number of nitrogens with two attached hydrogens (primary N) is 1. The minimum atomic E-state index is 0.0499. The molecule has 0 amide bonds. The van der Waals surface area contributed by atoms with E-state index in [1.54, 1.807) is 13.3 Å². The summed E-state index contributed by atoms with van der Waals surface area (Å²) in [5.74, 6) is 0.836. The second-order valence-electron chi connectivity index (χ2n) is 4.32. The fourth-order valence-electron chi connectivity index (χ4n) is 1.85.